The van der Waals surface area contributed by atoms with Crippen LogP contribution in [-0.4, -0.2) is 31.0 Å². The van der Waals surface area contributed by atoms with Crippen LogP contribution in [0, 0.1) is 5.92 Å². The summed E-state index contributed by atoms with van der Waals surface area (Å²) in [5.74, 6) is 0.414. The van der Waals surface area contributed by atoms with Gasteiger partial charge in [0.15, 0.2) is 0 Å². The lowest BCUT2D eigenvalue weighted by Crippen LogP contribution is -2.31. The number of halogens is 1. The number of nitrogens with zero attached hydrogens (tertiary/aromatic N) is 1. The lowest BCUT2D eigenvalue weighted by molar-refractivity contribution is 0.563. The van der Waals surface area contributed by atoms with Crippen molar-refractivity contribution >= 4 is 26.0 Å². The molecule has 0 aliphatic heterocycles. The van der Waals surface area contributed by atoms with E-state index in [4.69, 9.17) is 0 Å². The summed E-state index contributed by atoms with van der Waals surface area (Å²) in [7, 11) is -3.18. The molecule has 1 aromatic heterocycles. The number of sulfonamides is 1. The zero-order valence-corrected chi connectivity index (χ0v) is 12.2. The van der Waals surface area contributed by atoms with Gasteiger partial charge in [0.2, 0.25) is 10.0 Å². The molecule has 0 bridgehead atoms. The van der Waals surface area contributed by atoms with Crippen molar-refractivity contribution in [2.45, 2.75) is 13.3 Å². The third kappa shape index (κ3) is 6.14. The molecule has 1 N–H and O–H groups in total. The summed E-state index contributed by atoms with van der Waals surface area (Å²) < 4.78 is 26.0. The fourth-order valence-corrected chi connectivity index (χ4v) is 2.61. The first-order valence-electron chi connectivity index (χ1n) is 5.45. The smallest absolute Gasteiger partial charge is 0.211 e. The Labute approximate surface area is 111 Å². The van der Waals surface area contributed by atoms with Crippen molar-refractivity contribution in [3.63, 3.8) is 0 Å². The zero-order chi connectivity index (χ0) is 12.7. The maximum atomic E-state index is 11.7. The Bertz CT molecular complexity index is 422. The first-order chi connectivity index (χ1) is 8.03. The maximum Gasteiger partial charge on any atom is 0.211 e. The SMILES string of the molecule is CC(CBr)CNS(=O)(=O)CCc1ccncc1. The molecule has 1 aromatic rings. The molecule has 0 aliphatic carbocycles. The molecule has 17 heavy (non-hydrogen) atoms. The predicted octanol–water partition coefficient (Wildman–Crippen LogP) is 1.57. The largest absolute Gasteiger partial charge is 0.265 e. The monoisotopic (exact) mass is 320 g/mol. The van der Waals surface area contributed by atoms with Gasteiger partial charge in [-0.1, -0.05) is 22.9 Å². The van der Waals surface area contributed by atoms with Crippen LogP contribution >= 0.6 is 15.9 Å². The molecule has 0 saturated heterocycles. The summed E-state index contributed by atoms with van der Waals surface area (Å²) in [6.45, 7) is 2.46. The minimum Gasteiger partial charge on any atom is -0.265 e. The van der Waals surface area contributed by atoms with E-state index in [0.717, 1.165) is 10.9 Å². The maximum absolute atomic E-state index is 11.7. The highest BCUT2D eigenvalue weighted by Crippen LogP contribution is 2.02. The quantitative estimate of drug-likeness (QED) is 0.776. The average molecular weight is 321 g/mol. The highest BCUT2D eigenvalue weighted by molar-refractivity contribution is 9.09. The van der Waals surface area contributed by atoms with Crippen molar-refractivity contribution in [3.8, 4) is 0 Å². The summed E-state index contributed by atoms with van der Waals surface area (Å²) >= 11 is 3.32. The molecular weight excluding hydrogens is 304 g/mol. The lowest BCUT2D eigenvalue weighted by Gasteiger charge is -2.10. The Morgan fingerprint density at radius 2 is 2.06 bits per heavy atom. The number of hydrogen-bond acceptors (Lipinski definition) is 3. The fraction of sp³-hybridized carbons (Fsp3) is 0.545. The summed E-state index contributed by atoms with van der Waals surface area (Å²) in [5.41, 5.74) is 0.985. The molecule has 0 spiro atoms. The summed E-state index contributed by atoms with van der Waals surface area (Å²) in [6, 6.07) is 3.66. The highest BCUT2D eigenvalue weighted by Gasteiger charge is 2.11. The Morgan fingerprint density at radius 3 is 2.65 bits per heavy atom. The van der Waals surface area contributed by atoms with E-state index in [2.05, 4.69) is 25.6 Å². The predicted molar refractivity (Wildman–Crippen MR) is 72.7 cm³/mol. The van der Waals surface area contributed by atoms with E-state index in [0.29, 0.717) is 18.9 Å². The molecule has 0 aromatic carbocycles. The molecule has 0 radical (unpaired) electrons. The van der Waals surface area contributed by atoms with Gasteiger partial charge in [-0.3, -0.25) is 4.98 Å². The van der Waals surface area contributed by atoms with Gasteiger partial charge >= 0.3 is 0 Å². The minimum atomic E-state index is -3.18. The third-order valence-electron chi connectivity index (χ3n) is 2.32. The second-order valence-corrected chi connectivity index (χ2v) is 6.61. The van der Waals surface area contributed by atoms with E-state index in [1.54, 1.807) is 12.4 Å². The number of rotatable bonds is 7. The van der Waals surface area contributed by atoms with E-state index >= 15 is 0 Å². The lowest BCUT2D eigenvalue weighted by atomic mass is 10.2. The molecule has 0 fully saturated rings. The van der Waals surface area contributed by atoms with Crippen molar-refractivity contribution in [2.75, 3.05) is 17.6 Å². The summed E-state index contributed by atoms with van der Waals surface area (Å²) in [6.07, 6.45) is 3.85. The first kappa shape index (κ1) is 14.6. The molecule has 6 heteroatoms. The summed E-state index contributed by atoms with van der Waals surface area (Å²) in [4.78, 5) is 3.89. The third-order valence-corrected chi connectivity index (χ3v) is 4.78. The fourth-order valence-electron chi connectivity index (χ4n) is 1.20. The van der Waals surface area contributed by atoms with Gasteiger partial charge < -0.3 is 0 Å². The van der Waals surface area contributed by atoms with E-state index in [1.165, 1.54) is 0 Å². The Hall–Kier alpha value is -0.460. The van der Waals surface area contributed by atoms with Gasteiger partial charge in [-0.2, -0.15) is 0 Å². The number of aryl methyl sites for hydroxylation is 1. The Kier molecular flexibility index (Phi) is 6.08. The van der Waals surface area contributed by atoms with E-state index in [9.17, 15) is 8.42 Å². The normalized spacial score (nSPS) is 13.5. The Balaban J connectivity index is 2.40. The van der Waals surface area contributed by atoms with E-state index in [-0.39, 0.29) is 5.75 Å². The topological polar surface area (TPSA) is 59.1 Å². The summed E-state index contributed by atoms with van der Waals surface area (Å²) in [5, 5.41) is 0.792. The van der Waals surface area contributed by atoms with Crippen molar-refractivity contribution < 1.29 is 8.42 Å². The van der Waals surface area contributed by atoms with Crippen LogP contribution < -0.4 is 4.72 Å². The average Bonchev–Trinajstić information content (AvgIpc) is 2.35. The molecule has 1 heterocycles. The van der Waals surface area contributed by atoms with Gasteiger partial charge in [0, 0.05) is 24.3 Å². The standard InChI is InChI=1S/C11H17BrN2O2S/c1-10(8-12)9-14-17(15,16)7-4-11-2-5-13-6-3-11/h2-3,5-6,10,14H,4,7-9H2,1H3. The number of nitrogens with one attached hydrogen (secondary N) is 1. The second-order valence-electron chi connectivity index (χ2n) is 4.03. The molecule has 1 unspecified atom stereocenters. The minimum absolute atomic E-state index is 0.117. The molecular formula is C11H17BrN2O2S. The van der Waals surface area contributed by atoms with Gasteiger partial charge in [-0.25, -0.2) is 13.1 Å². The Morgan fingerprint density at radius 1 is 1.41 bits per heavy atom. The zero-order valence-electron chi connectivity index (χ0n) is 9.77. The molecule has 0 saturated carbocycles. The van der Waals surface area contributed by atoms with E-state index in [1.807, 2.05) is 19.1 Å². The van der Waals surface area contributed by atoms with Crippen molar-refractivity contribution in [1.82, 2.24) is 9.71 Å². The number of pyridine rings is 1. The van der Waals surface area contributed by atoms with Gasteiger partial charge in [-0.05, 0) is 30.0 Å². The number of alkyl halides is 1. The molecule has 0 amide bonds. The van der Waals surface area contributed by atoms with Gasteiger partial charge in [0.05, 0.1) is 5.75 Å². The van der Waals surface area contributed by atoms with E-state index < -0.39 is 10.0 Å². The van der Waals surface area contributed by atoms with Crippen LogP contribution in [-0.2, 0) is 16.4 Å². The number of aromatic nitrogens is 1. The molecule has 1 rings (SSSR count). The highest BCUT2D eigenvalue weighted by atomic mass is 79.9. The first-order valence-corrected chi connectivity index (χ1v) is 8.23. The number of hydrogen-bond donors (Lipinski definition) is 1. The molecule has 96 valence electrons. The van der Waals surface area contributed by atoms with Crippen LogP contribution in [0.15, 0.2) is 24.5 Å². The molecule has 4 nitrogen and oxygen atoms in total. The van der Waals surface area contributed by atoms with Crippen LogP contribution in [0.25, 0.3) is 0 Å². The van der Waals surface area contributed by atoms with Gasteiger partial charge in [0.1, 0.15) is 0 Å². The van der Waals surface area contributed by atoms with Crippen molar-refractivity contribution in [1.29, 1.82) is 0 Å². The van der Waals surface area contributed by atoms with Crippen molar-refractivity contribution in [3.05, 3.63) is 30.1 Å². The second kappa shape index (κ2) is 7.08. The van der Waals surface area contributed by atoms with Crippen LogP contribution in [0.5, 0.6) is 0 Å². The molecule has 0 aliphatic rings. The van der Waals surface area contributed by atoms with Crippen molar-refractivity contribution in [2.24, 2.45) is 5.92 Å². The van der Waals surface area contributed by atoms with Crippen LogP contribution in [0.3, 0.4) is 0 Å². The van der Waals surface area contributed by atoms with Crippen LogP contribution in [0.1, 0.15) is 12.5 Å². The van der Waals surface area contributed by atoms with Crippen LogP contribution in [0.4, 0.5) is 0 Å². The molecule has 1 atom stereocenters. The van der Waals surface area contributed by atoms with Crippen LogP contribution in [0.2, 0.25) is 0 Å². The van der Waals surface area contributed by atoms with Gasteiger partial charge in [-0.15, -0.1) is 0 Å². The van der Waals surface area contributed by atoms with Gasteiger partial charge in [0.25, 0.3) is 0 Å².